The van der Waals surface area contributed by atoms with Gasteiger partial charge in [0, 0.05) is 5.38 Å². The van der Waals surface area contributed by atoms with Crippen molar-refractivity contribution < 1.29 is 14.3 Å². The Balaban J connectivity index is 1.66. The summed E-state index contributed by atoms with van der Waals surface area (Å²) in [5.74, 6) is -0.471. The molecule has 5 nitrogen and oxygen atoms in total. The fourth-order valence-electron chi connectivity index (χ4n) is 2.07. The van der Waals surface area contributed by atoms with Crippen molar-refractivity contribution in [2.45, 2.75) is 6.42 Å². The zero-order valence-electron chi connectivity index (χ0n) is 12.8. The highest BCUT2D eigenvalue weighted by atomic mass is 32.1. The number of esters is 1. The SMILES string of the molecule is COC(=O)c1ccc(-c2csc(NC(=O)Cc3ccccc3)n2)s1. The summed E-state index contributed by atoms with van der Waals surface area (Å²) in [5, 5.41) is 5.20. The quantitative estimate of drug-likeness (QED) is 0.704. The van der Waals surface area contributed by atoms with Crippen molar-refractivity contribution in [3.8, 4) is 10.6 Å². The average Bonchev–Trinajstić information content (AvgIpc) is 3.24. The molecule has 0 aliphatic heterocycles. The second-order valence-corrected chi connectivity index (χ2v) is 6.85. The molecule has 0 atom stereocenters. The third kappa shape index (κ3) is 3.87. The minimum Gasteiger partial charge on any atom is -0.465 e. The lowest BCUT2D eigenvalue weighted by Gasteiger charge is -2.01. The maximum absolute atomic E-state index is 12.1. The summed E-state index contributed by atoms with van der Waals surface area (Å²) in [4.78, 5) is 29.3. The molecule has 24 heavy (non-hydrogen) atoms. The first-order valence-electron chi connectivity index (χ1n) is 7.13. The predicted molar refractivity (Wildman–Crippen MR) is 95.5 cm³/mol. The van der Waals surface area contributed by atoms with Gasteiger partial charge in [0.1, 0.15) is 4.88 Å². The van der Waals surface area contributed by atoms with Crippen LogP contribution in [0, 0.1) is 0 Å². The summed E-state index contributed by atoms with van der Waals surface area (Å²) in [7, 11) is 1.35. The van der Waals surface area contributed by atoms with Crippen LogP contribution in [-0.2, 0) is 16.0 Å². The summed E-state index contributed by atoms with van der Waals surface area (Å²) in [6.45, 7) is 0. The van der Waals surface area contributed by atoms with E-state index in [0.717, 1.165) is 16.1 Å². The number of benzene rings is 1. The molecule has 2 aromatic heterocycles. The monoisotopic (exact) mass is 358 g/mol. The van der Waals surface area contributed by atoms with Crippen molar-refractivity contribution in [2.24, 2.45) is 0 Å². The molecule has 0 aliphatic carbocycles. The Labute approximate surface area is 146 Å². The second-order valence-electron chi connectivity index (χ2n) is 4.90. The zero-order chi connectivity index (χ0) is 16.9. The van der Waals surface area contributed by atoms with Crippen molar-refractivity contribution >= 4 is 39.7 Å². The smallest absolute Gasteiger partial charge is 0.348 e. The first-order chi connectivity index (χ1) is 11.7. The number of amides is 1. The molecule has 2 heterocycles. The van der Waals surface area contributed by atoms with E-state index in [1.165, 1.54) is 29.8 Å². The maximum Gasteiger partial charge on any atom is 0.348 e. The summed E-state index contributed by atoms with van der Waals surface area (Å²) >= 11 is 2.66. The largest absolute Gasteiger partial charge is 0.465 e. The molecule has 0 spiro atoms. The number of hydrogen-bond donors (Lipinski definition) is 1. The van der Waals surface area contributed by atoms with Gasteiger partial charge < -0.3 is 10.1 Å². The molecule has 0 fully saturated rings. The highest BCUT2D eigenvalue weighted by Crippen LogP contribution is 2.31. The Hall–Kier alpha value is -2.51. The zero-order valence-corrected chi connectivity index (χ0v) is 14.4. The normalized spacial score (nSPS) is 10.4. The van der Waals surface area contributed by atoms with Gasteiger partial charge in [-0.25, -0.2) is 9.78 Å². The number of hydrogen-bond acceptors (Lipinski definition) is 6. The Kier molecular flexibility index (Phi) is 5.02. The highest BCUT2D eigenvalue weighted by molar-refractivity contribution is 7.18. The van der Waals surface area contributed by atoms with E-state index in [1.807, 2.05) is 41.8 Å². The van der Waals surface area contributed by atoms with Gasteiger partial charge in [0.25, 0.3) is 0 Å². The molecular formula is C17H14N2O3S2. The van der Waals surface area contributed by atoms with Crippen LogP contribution in [0.2, 0.25) is 0 Å². The summed E-state index contributed by atoms with van der Waals surface area (Å²) in [6, 6.07) is 13.1. The number of rotatable bonds is 5. The Morgan fingerprint density at radius 2 is 1.96 bits per heavy atom. The van der Waals surface area contributed by atoms with Crippen LogP contribution >= 0.6 is 22.7 Å². The average molecular weight is 358 g/mol. The molecule has 7 heteroatoms. The molecule has 0 saturated heterocycles. The first-order valence-corrected chi connectivity index (χ1v) is 8.83. The summed E-state index contributed by atoms with van der Waals surface area (Å²) < 4.78 is 4.70. The van der Waals surface area contributed by atoms with Gasteiger partial charge in [-0.15, -0.1) is 22.7 Å². The number of nitrogens with zero attached hydrogens (tertiary/aromatic N) is 1. The van der Waals surface area contributed by atoms with Crippen LogP contribution in [0.3, 0.4) is 0 Å². The maximum atomic E-state index is 12.1. The fraction of sp³-hybridized carbons (Fsp3) is 0.118. The van der Waals surface area contributed by atoms with Crippen LogP contribution in [0.25, 0.3) is 10.6 Å². The van der Waals surface area contributed by atoms with Gasteiger partial charge in [0.05, 0.1) is 24.1 Å². The van der Waals surface area contributed by atoms with Crippen LogP contribution < -0.4 is 5.32 Å². The van der Waals surface area contributed by atoms with Crippen LogP contribution in [0.15, 0.2) is 47.8 Å². The molecule has 1 aromatic carbocycles. The molecule has 0 unspecified atom stereocenters. The first kappa shape index (κ1) is 16.4. The van der Waals surface area contributed by atoms with Gasteiger partial charge in [0.2, 0.25) is 5.91 Å². The number of carbonyl (C=O) groups is 2. The number of thiazole rings is 1. The van der Waals surface area contributed by atoms with Crippen molar-refractivity contribution in [1.82, 2.24) is 4.98 Å². The van der Waals surface area contributed by atoms with Gasteiger partial charge in [0.15, 0.2) is 5.13 Å². The van der Waals surface area contributed by atoms with Crippen molar-refractivity contribution in [3.63, 3.8) is 0 Å². The number of thiophene rings is 1. The Morgan fingerprint density at radius 3 is 2.71 bits per heavy atom. The fourth-order valence-corrected chi connectivity index (χ4v) is 3.76. The number of nitrogens with one attached hydrogen (secondary N) is 1. The van der Waals surface area contributed by atoms with Gasteiger partial charge in [-0.2, -0.15) is 0 Å². The molecular weight excluding hydrogens is 344 g/mol. The predicted octanol–water partition coefficient (Wildman–Crippen LogP) is 3.84. The number of anilines is 1. The van der Waals surface area contributed by atoms with Crippen LogP contribution in [-0.4, -0.2) is 24.0 Å². The van der Waals surface area contributed by atoms with E-state index in [-0.39, 0.29) is 11.9 Å². The van der Waals surface area contributed by atoms with Gasteiger partial charge in [-0.1, -0.05) is 30.3 Å². The van der Waals surface area contributed by atoms with Gasteiger partial charge in [-0.3, -0.25) is 4.79 Å². The number of carbonyl (C=O) groups excluding carboxylic acids is 2. The molecule has 3 aromatic rings. The van der Waals surface area contributed by atoms with E-state index < -0.39 is 0 Å². The molecule has 3 rings (SSSR count). The molecule has 1 N–H and O–H groups in total. The lowest BCUT2D eigenvalue weighted by atomic mass is 10.1. The van der Waals surface area contributed by atoms with E-state index in [2.05, 4.69) is 10.3 Å². The molecule has 0 bridgehead atoms. The lowest BCUT2D eigenvalue weighted by Crippen LogP contribution is -2.14. The topological polar surface area (TPSA) is 68.3 Å². The summed E-state index contributed by atoms with van der Waals surface area (Å²) in [5.41, 5.74) is 1.68. The Bertz CT molecular complexity index is 856. The number of aromatic nitrogens is 1. The highest BCUT2D eigenvalue weighted by Gasteiger charge is 2.13. The molecule has 0 aliphatic rings. The lowest BCUT2D eigenvalue weighted by molar-refractivity contribution is -0.115. The third-order valence-electron chi connectivity index (χ3n) is 3.20. The number of ether oxygens (including phenoxy) is 1. The third-order valence-corrected chi connectivity index (χ3v) is 5.05. The van der Waals surface area contributed by atoms with Gasteiger partial charge >= 0.3 is 5.97 Å². The standard InChI is InChI=1S/C17H14N2O3S2/c1-22-16(21)14-8-7-13(24-14)12-10-23-17(18-12)19-15(20)9-11-5-3-2-4-6-11/h2-8,10H,9H2,1H3,(H,18,19,20). The van der Waals surface area contributed by atoms with E-state index in [9.17, 15) is 9.59 Å². The minimum absolute atomic E-state index is 0.108. The molecule has 1 amide bonds. The van der Waals surface area contributed by atoms with Crippen molar-refractivity contribution in [2.75, 3.05) is 12.4 Å². The molecule has 122 valence electrons. The van der Waals surface area contributed by atoms with Gasteiger partial charge in [-0.05, 0) is 17.7 Å². The summed E-state index contributed by atoms with van der Waals surface area (Å²) in [6.07, 6.45) is 0.307. The number of methoxy groups -OCH3 is 1. The second kappa shape index (κ2) is 7.37. The van der Waals surface area contributed by atoms with Crippen LogP contribution in [0.4, 0.5) is 5.13 Å². The molecule has 0 saturated carbocycles. The molecule has 0 radical (unpaired) electrons. The Morgan fingerprint density at radius 1 is 1.17 bits per heavy atom. The van der Waals surface area contributed by atoms with Crippen molar-refractivity contribution in [1.29, 1.82) is 0 Å². The van der Waals surface area contributed by atoms with E-state index in [4.69, 9.17) is 4.74 Å². The van der Waals surface area contributed by atoms with E-state index in [1.54, 1.807) is 6.07 Å². The van der Waals surface area contributed by atoms with Crippen molar-refractivity contribution in [3.05, 3.63) is 58.3 Å². The van der Waals surface area contributed by atoms with Crippen LogP contribution in [0.1, 0.15) is 15.2 Å². The van der Waals surface area contributed by atoms with E-state index in [0.29, 0.717) is 16.4 Å². The minimum atomic E-state index is -0.363. The van der Waals surface area contributed by atoms with E-state index >= 15 is 0 Å². The van der Waals surface area contributed by atoms with Crippen LogP contribution in [0.5, 0.6) is 0 Å².